The van der Waals surface area contributed by atoms with Gasteiger partial charge in [0.1, 0.15) is 11.4 Å². The average molecular weight is 378 g/mol. The monoisotopic (exact) mass is 378 g/mol. The Morgan fingerprint density at radius 1 is 1.37 bits per heavy atom. The number of piperazine rings is 1. The van der Waals surface area contributed by atoms with Crippen LogP contribution in [-0.2, 0) is 4.74 Å². The van der Waals surface area contributed by atoms with E-state index in [1.54, 1.807) is 17.0 Å². The van der Waals surface area contributed by atoms with E-state index in [1.165, 1.54) is 12.1 Å². The van der Waals surface area contributed by atoms with Crippen LogP contribution in [0.5, 0.6) is 0 Å². The van der Waals surface area contributed by atoms with E-state index in [-0.39, 0.29) is 24.5 Å². The van der Waals surface area contributed by atoms with Gasteiger partial charge in [0.25, 0.3) is 0 Å². The van der Waals surface area contributed by atoms with Gasteiger partial charge in [-0.3, -0.25) is 4.99 Å². The van der Waals surface area contributed by atoms with Gasteiger partial charge in [0, 0.05) is 26.2 Å². The second kappa shape index (κ2) is 7.72. The van der Waals surface area contributed by atoms with Gasteiger partial charge in [-0.15, -0.1) is 0 Å². The van der Waals surface area contributed by atoms with Crippen molar-refractivity contribution in [1.29, 1.82) is 0 Å². The molecule has 0 radical (unpaired) electrons. The minimum absolute atomic E-state index is 0.108. The molecule has 0 saturated carbocycles. The van der Waals surface area contributed by atoms with Gasteiger partial charge < -0.3 is 25.0 Å². The minimum atomic E-state index is -0.754. The lowest BCUT2D eigenvalue weighted by Gasteiger charge is -2.39. The normalized spacial score (nSPS) is 20.8. The molecule has 1 aromatic carbocycles. The van der Waals surface area contributed by atoms with Crippen molar-refractivity contribution in [3.8, 4) is 0 Å². The summed E-state index contributed by atoms with van der Waals surface area (Å²) in [4.78, 5) is 20.6. The summed E-state index contributed by atoms with van der Waals surface area (Å²) in [7, 11) is 0. The number of aliphatic hydroxyl groups excluding tert-OH is 1. The molecule has 0 aliphatic carbocycles. The van der Waals surface area contributed by atoms with E-state index in [9.17, 15) is 14.3 Å². The summed E-state index contributed by atoms with van der Waals surface area (Å²) in [5, 5.41) is 13.4. The first kappa shape index (κ1) is 19.4. The Hall–Kier alpha value is -2.35. The number of halogens is 1. The van der Waals surface area contributed by atoms with Gasteiger partial charge in [0.2, 0.25) is 0 Å². The molecule has 7 nitrogen and oxygen atoms in total. The Balaban J connectivity index is 1.50. The predicted octanol–water partition coefficient (Wildman–Crippen LogP) is 1.74. The average Bonchev–Trinajstić information content (AvgIpc) is 3.01. The zero-order valence-corrected chi connectivity index (χ0v) is 16.0. The molecule has 2 heterocycles. The van der Waals surface area contributed by atoms with Crippen molar-refractivity contribution in [2.75, 3.05) is 32.7 Å². The zero-order valence-electron chi connectivity index (χ0n) is 16.0. The molecule has 27 heavy (non-hydrogen) atoms. The van der Waals surface area contributed by atoms with Crippen LogP contribution in [0.25, 0.3) is 0 Å². The Morgan fingerprint density at radius 2 is 2.07 bits per heavy atom. The molecule has 2 aliphatic rings. The first-order chi connectivity index (χ1) is 12.7. The fourth-order valence-corrected chi connectivity index (χ4v) is 3.21. The summed E-state index contributed by atoms with van der Waals surface area (Å²) < 4.78 is 18.4. The molecule has 0 bridgehead atoms. The number of nitrogens with zero attached hydrogens (tertiary/aromatic N) is 3. The lowest BCUT2D eigenvalue weighted by atomic mass is 10.1. The third kappa shape index (κ3) is 4.88. The van der Waals surface area contributed by atoms with Crippen LogP contribution in [0.3, 0.4) is 0 Å². The molecule has 1 saturated heterocycles. The maximum atomic E-state index is 13.0. The number of carbonyl (C=O) groups is 1. The number of aliphatic imine (C=N–C) groups is 1. The van der Waals surface area contributed by atoms with Gasteiger partial charge in [-0.2, -0.15) is 0 Å². The van der Waals surface area contributed by atoms with E-state index < -0.39 is 11.7 Å². The third-order valence-corrected chi connectivity index (χ3v) is 4.57. The van der Waals surface area contributed by atoms with Gasteiger partial charge >= 0.3 is 6.09 Å². The smallest absolute Gasteiger partial charge is 0.410 e. The fourth-order valence-electron chi connectivity index (χ4n) is 3.21. The number of carbonyl (C=O) groups excluding carboxylic acids is 1. The van der Waals surface area contributed by atoms with Crippen LogP contribution in [0.2, 0.25) is 0 Å². The number of aliphatic hydroxyl groups is 1. The van der Waals surface area contributed by atoms with Crippen LogP contribution < -0.4 is 5.32 Å². The number of amides is 1. The van der Waals surface area contributed by atoms with Crippen molar-refractivity contribution < 1.29 is 19.0 Å². The largest absolute Gasteiger partial charge is 0.444 e. The molecule has 1 amide bonds. The second-order valence-electron chi connectivity index (χ2n) is 7.89. The van der Waals surface area contributed by atoms with E-state index in [1.807, 2.05) is 20.8 Å². The molecule has 2 unspecified atom stereocenters. The number of ether oxygens (including phenoxy) is 1. The Morgan fingerprint density at radius 3 is 2.74 bits per heavy atom. The molecule has 148 valence electrons. The Labute approximate surface area is 158 Å². The highest BCUT2D eigenvalue weighted by atomic mass is 19.1. The van der Waals surface area contributed by atoms with Crippen molar-refractivity contribution >= 4 is 12.1 Å². The van der Waals surface area contributed by atoms with E-state index in [0.29, 0.717) is 31.7 Å². The van der Waals surface area contributed by atoms with Gasteiger partial charge in [0.15, 0.2) is 5.96 Å². The Bertz CT molecular complexity index is 702. The SMILES string of the molecule is CC(C)(C)OC(=O)N1CCN2C(NCC(O)c3ccc(F)cc3)=NCC2C1. The van der Waals surface area contributed by atoms with Crippen molar-refractivity contribution in [2.45, 2.75) is 38.5 Å². The maximum Gasteiger partial charge on any atom is 0.410 e. The number of guanidine groups is 1. The highest BCUT2D eigenvalue weighted by molar-refractivity contribution is 5.82. The van der Waals surface area contributed by atoms with Crippen LogP contribution in [0.15, 0.2) is 29.3 Å². The Kier molecular flexibility index (Phi) is 5.55. The highest BCUT2D eigenvalue weighted by Gasteiger charge is 2.36. The molecule has 0 aromatic heterocycles. The second-order valence-corrected chi connectivity index (χ2v) is 7.89. The summed E-state index contributed by atoms with van der Waals surface area (Å²) in [6.07, 6.45) is -1.05. The maximum absolute atomic E-state index is 13.0. The minimum Gasteiger partial charge on any atom is -0.444 e. The summed E-state index contributed by atoms with van der Waals surface area (Å²) in [6.45, 7) is 8.22. The van der Waals surface area contributed by atoms with Crippen LogP contribution >= 0.6 is 0 Å². The number of nitrogens with one attached hydrogen (secondary N) is 1. The number of fused-ring (bicyclic) bond motifs is 1. The van der Waals surface area contributed by atoms with Crippen molar-refractivity contribution in [3.63, 3.8) is 0 Å². The molecule has 0 spiro atoms. The highest BCUT2D eigenvalue weighted by Crippen LogP contribution is 2.19. The van der Waals surface area contributed by atoms with Crippen molar-refractivity contribution in [3.05, 3.63) is 35.6 Å². The first-order valence-corrected chi connectivity index (χ1v) is 9.19. The van der Waals surface area contributed by atoms with E-state index in [0.717, 1.165) is 5.96 Å². The lowest BCUT2D eigenvalue weighted by molar-refractivity contribution is 0.0137. The fraction of sp³-hybridized carbons (Fsp3) is 0.579. The van der Waals surface area contributed by atoms with Crippen LogP contribution in [-0.4, -0.2) is 71.3 Å². The van der Waals surface area contributed by atoms with Crippen LogP contribution in [0, 0.1) is 5.82 Å². The number of rotatable bonds is 3. The molecule has 3 rings (SSSR count). The summed E-state index contributed by atoms with van der Waals surface area (Å²) >= 11 is 0. The van der Waals surface area contributed by atoms with Crippen LogP contribution in [0.1, 0.15) is 32.4 Å². The van der Waals surface area contributed by atoms with Gasteiger partial charge in [-0.25, -0.2) is 9.18 Å². The van der Waals surface area contributed by atoms with E-state index in [2.05, 4.69) is 15.2 Å². The van der Waals surface area contributed by atoms with E-state index >= 15 is 0 Å². The van der Waals surface area contributed by atoms with Crippen LogP contribution in [0.4, 0.5) is 9.18 Å². The molecule has 2 N–H and O–H groups in total. The summed E-state index contributed by atoms with van der Waals surface area (Å²) in [6, 6.07) is 5.91. The molecule has 1 fully saturated rings. The quantitative estimate of drug-likeness (QED) is 0.838. The topological polar surface area (TPSA) is 77.4 Å². The zero-order chi connectivity index (χ0) is 19.6. The van der Waals surface area contributed by atoms with Gasteiger partial charge in [-0.1, -0.05) is 12.1 Å². The number of hydrogen-bond acceptors (Lipinski definition) is 6. The molecular formula is C19H27FN4O3. The van der Waals surface area contributed by atoms with Gasteiger partial charge in [0.05, 0.1) is 18.7 Å². The summed E-state index contributed by atoms with van der Waals surface area (Å²) in [5.41, 5.74) is 0.137. The molecule has 8 heteroatoms. The third-order valence-electron chi connectivity index (χ3n) is 4.57. The lowest BCUT2D eigenvalue weighted by Crippen LogP contribution is -2.57. The molecule has 1 aromatic rings. The standard InChI is InChI=1S/C19H27FN4O3/c1-19(2,3)27-18(26)23-8-9-24-15(12-23)10-21-17(24)22-11-16(25)13-4-6-14(20)7-5-13/h4-7,15-16,25H,8-12H2,1-3H3,(H,21,22). The molecule has 2 atom stereocenters. The summed E-state index contributed by atoms with van der Waals surface area (Å²) in [5.74, 6) is 0.398. The van der Waals surface area contributed by atoms with Gasteiger partial charge in [-0.05, 0) is 38.5 Å². The first-order valence-electron chi connectivity index (χ1n) is 9.19. The molecular weight excluding hydrogens is 351 g/mol. The predicted molar refractivity (Wildman–Crippen MR) is 100.0 cm³/mol. The molecule has 2 aliphatic heterocycles. The number of benzene rings is 1. The number of hydrogen-bond donors (Lipinski definition) is 2. The van der Waals surface area contributed by atoms with Crippen molar-refractivity contribution in [1.82, 2.24) is 15.1 Å². The van der Waals surface area contributed by atoms with E-state index in [4.69, 9.17) is 4.74 Å². The van der Waals surface area contributed by atoms with Crippen molar-refractivity contribution in [2.24, 2.45) is 4.99 Å².